The van der Waals surface area contributed by atoms with E-state index in [1.165, 1.54) is 24.3 Å². The van der Waals surface area contributed by atoms with E-state index in [0.717, 1.165) is 0 Å². The minimum absolute atomic E-state index is 0.0412. The number of carbonyl (C=O) groups is 2. The number of carbonyl (C=O) groups excluding carboxylic acids is 2. The van der Waals surface area contributed by atoms with E-state index >= 15 is 0 Å². The lowest BCUT2D eigenvalue weighted by Gasteiger charge is -2.23. The largest absolute Gasteiger partial charge is 0.550 e. The van der Waals surface area contributed by atoms with Gasteiger partial charge in [-0.25, -0.2) is 9.37 Å². The second-order valence-corrected chi connectivity index (χ2v) is 10.0. The number of nitrogens with zero attached hydrogens (tertiary/aromatic N) is 2. The number of hydrogen-bond acceptors (Lipinski definition) is 8. The van der Waals surface area contributed by atoms with Crippen LogP contribution in [0.15, 0.2) is 54.6 Å². The van der Waals surface area contributed by atoms with Crippen LogP contribution in [0.5, 0.6) is 0 Å². The van der Waals surface area contributed by atoms with Crippen molar-refractivity contribution in [1.29, 1.82) is 0 Å². The summed E-state index contributed by atoms with van der Waals surface area (Å²) in [5, 5.41) is 54.5. The molecule has 0 saturated heterocycles. The average molecular weight is 557 g/mol. The van der Waals surface area contributed by atoms with E-state index < -0.39 is 55.1 Å². The van der Waals surface area contributed by atoms with E-state index in [9.17, 15) is 39.5 Å². The summed E-state index contributed by atoms with van der Waals surface area (Å²) in [7, 11) is 0. The molecule has 1 amide bonds. The predicted molar refractivity (Wildman–Crippen MR) is 142 cm³/mol. The molecule has 0 aliphatic heterocycles. The fourth-order valence-electron chi connectivity index (χ4n) is 4.59. The third-order valence-electron chi connectivity index (χ3n) is 6.54. The van der Waals surface area contributed by atoms with E-state index in [1.807, 2.05) is 13.8 Å². The van der Waals surface area contributed by atoms with Gasteiger partial charge in [0.05, 0.1) is 30.6 Å². The predicted octanol–water partition coefficient (Wildman–Crippen LogP) is 1.28. The highest BCUT2D eigenvalue weighted by atomic mass is 19.1. The van der Waals surface area contributed by atoms with Gasteiger partial charge in [0, 0.05) is 24.5 Å². The molecule has 0 spiro atoms. The number of amides is 1. The SMILES string of the molecule is CC(C)c1c(C(=O)N[C@H](CO)[C@H](O)c2ccccc2)nc(-c2ccc(F)cc2)n1CC[C@@H](O)C[C@@H](O)CC(=O)[O-]. The number of aromatic nitrogens is 2. The van der Waals surface area contributed by atoms with Gasteiger partial charge in [-0.3, -0.25) is 4.79 Å². The van der Waals surface area contributed by atoms with Crippen LogP contribution in [0.3, 0.4) is 0 Å². The van der Waals surface area contributed by atoms with Gasteiger partial charge in [0.25, 0.3) is 5.91 Å². The number of aliphatic carboxylic acids is 1. The Balaban J connectivity index is 1.95. The molecule has 5 N–H and O–H groups in total. The smallest absolute Gasteiger partial charge is 0.272 e. The van der Waals surface area contributed by atoms with E-state index in [0.29, 0.717) is 22.6 Å². The summed E-state index contributed by atoms with van der Waals surface area (Å²) in [5.41, 5.74) is 1.57. The van der Waals surface area contributed by atoms with Gasteiger partial charge < -0.3 is 40.2 Å². The second kappa shape index (κ2) is 14.1. The third kappa shape index (κ3) is 7.95. The Kier molecular flexibility index (Phi) is 10.9. The van der Waals surface area contributed by atoms with Crippen molar-refractivity contribution >= 4 is 11.9 Å². The zero-order chi connectivity index (χ0) is 29.4. The van der Waals surface area contributed by atoms with Crippen molar-refractivity contribution < 1.29 is 39.5 Å². The molecule has 3 aromatic rings. The Morgan fingerprint density at radius 2 is 1.68 bits per heavy atom. The van der Waals surface area contributed by atoms with Crippen molar-refractivity contribution in [2.75, 3.05) is 6.61 Å². The lowest BCUT2D eigenvalue weighted by atomic mass is 10.0. The first kappa shape index (κ1) is 30.9. The van der Waals surface area contributed by atoms with E-state index in [4.69, 9.17) is 0 Å². The fraction of sp³-hybridized carbons (Fsp3) is 0.414. The number of rotatable bonds is 14. The van der Waals surface area contributed by atoms with Crippen molar-refractivity contribution in [2.24, 2.45) is 0 Å². The number of nitrogens with one attached hydrogen (secondary N) is 1. The minimum Gasteiger partial charge on any atom is -0.550 e. The third-order valence-corrected chi connectivity index (χ3v) is 6.54. The molecule has 4 atom stereocenters. The fourth-order valence-corrected chi connectivity index (χ4v) is 4.59. The molecule has 0 aliphatic rings. The Morgan fingerprint density at radius 3 is 2.25 bits per heavy atom. The van der Waals surface area contributed by atoms with Gasteiger partial charge in [-0.15, -0.1) is 0 Å². The van der Waals surface area contributed by atoms with Crippen LogP contribution in [0.2, 0.25) is 0 Å². The molecular weight excluding hydrogens is 521 g/mol. The molecule has 1 aromatic heterocycles. The van der Waals surface area contributed by atoms with Gasteiger partial charge in [0.2, 0.25) is 0 Å². The molecule has 3 rings (SSSR count). The maximum Gasteiger partial charge on any atom is 0.272 e. The van der Waals surface area contributed by atoms with Crippen molar-refractivity contribution in [3.63, 3.8) is 0 Å². The highest BCUT2D eigenvalue weighted by molar-refractivity contribution is 5.94. The highest BCUT2D eigenvalue weighted by Gasteiger charge is 2.29. The van der Waals surface area contributed by atoms with Crippen LogP contribution in [0, 0.1) is 5.82 Å². The number of imidazole rings is 1. The summed E-state index contributed by atoms with van der Waals surface area (Å²) in [6.07, 6.45) is -4.22. The number of aliphatic hydroxyl groups excluding tert-OH is 4. The van der Waals surface area contributed by atoms with E-state index in [-0.39, 0.29) is 31.0 Å². The summed E-state index contributed by atoms with van der Waals surface area (Å²) < 4.78 is 15.4. The quantitative estimate of drug-likeness (QED) is 0.198. The number of halogens is 1. The van der Waals surface area contributed by atoms with Gasteiger partial charge in [-0.05, 0) is 48.6 Å². The molecule has 1 heterocycles. The van der Waals surface area contributed by atoms with Crippen molar-refractivity contribution in [2.45, 2.75) is 69.9 Å². The molecule has 0 radical (unpaired) electrons. The molecule has 0 bridgehead atoms. The Bertz CT molecular complexity index is 1260. The van der Waals surface area contributed by atoms with E-state index in [1.54, 1.807) is 34.9 Å². The molecule has 40 heavy (non-hydrogen) atoms. The number of aliphatic hydroxyl groups is 4. The normalized spacial score (nSPS) is 14.5. The van der Waals surface area contributed by atoms with Crippen LogP contribution >= 0.6 is 0 Å². The highest BCUT2D eigenvalue weighted by Crippen LogP contribution is 2.29. The van der Waals surface area contributed by atoms with Crippen LogP contribution < -0.4 is 10.4 Å². The standard InChI is InChI=1S/C29H36FN3O7/c1-17(2)26-25(29(40)31-23(16-34)27(39)18-6-4-3-5-7-18)32-28(19-8-10-20(30)11-9-19)33(26)13-12-21(35)14-22(36)15-24(37)38/h3-11,17,21-23,27,34-36,39H,12-16H2,1-2H3,(H,31,40)(H,37,38)/p-1/t21-,22-,23-,27-/m1/s1. The summed E-state index contributed by atoms with van der Waals surface area (Å²) >= 11 is 0. The van der Waals surface area contributed by atoms with Crippen LogP contribution in [-0.2, 0) is 11.3 Å². The lowest BCUT2D eigenvalue weighted by molar-refractivity contribution is -0.307. The second-order valence-electron chi connectivity index (χ2n) is 10.0. The summed E-state index contributed by atoms with van der Waals surface area (Å²) in [5.74, 6) is -2.42. The molecular formula is C29H35FN3O7-. The number of benzene rings is 2. The summed E-state index contributed by atoms with van der Waals surface area (Å²) in [6, 6.07) is 13.1. The molecule has 0 aliphatic carbocycles. The topological polar surface area (TPSA) is 168 Å². The monoisotopic (exact) mass is 556 g/mol. The average Bonchev–Trinajstić information content (AvgIpc) is 3.30. The Morgan fingerprint density at radius 1 is 1.02 bits per heavy atom. The van der Waals surface area contributed by atoms with Gasteiger partial charge in [0.1, 0.15) is 23.4 Å². The Hall–Kier alpha value is -3.64. The van der Waals surface area contributed by atoms with Crippen LogP contribution in [-0.4, -0.2) is 66.7 Å². The maximum atomic E-state index is 13.7. The zero-order valence-corrected chi connectivity index (χ0v) is 22.4. The maximum absolute atomic E-state index is 13.7. The first-order chi connectivity index (χ1) is 19.0. The van der Waals surface area contributed by atoms with Gasteiger partial charge in [-0.1, -0.05) is 44.2 Å². The van der Waals surface area contributed by atoms with Crippen molar-refractivity contribution in [3.8, 4) is 11.4 Å². The molecule has 2 aromatic carbocycles. The minimum atomic E-state index is -1.43. The molecule has 11 heteroatoms. The number of carboxylic acid groups (broad SMARTS) is 1. The lowest BCUT2D eigenvalue weighted by Crippen LogP contribution is -2.42. The number of hydrogen-bond donors (Lipinski definition) is 5. The van der Waals surface area contributed by atoms with Gasteiger partial charge in [0.15, 0.2) is 0 Å². The first-order valence-corrected chi connectivity index (χ1v) is 13.1. The molecule has 0 saturated carbocycles. The molecule has 0 fully saturated rings. The van der Waals surface area contributed by atoms with E-state index in [2.05, 4.69) is 10.3 Å². The molecule has 216 valence electrons. The van der Waals surface area contributed by atoms with Crippen molar-refractivity contribution in [3.05, 3.63) is 77.4 Å². The van der Waals surface area contributed by atoms with Crippen LogP contribution in [0.1, 0.15) is 66.9 Å². The number of carboxylic acids is 1. The molecule has 10 nitrogen and oxygen atoms in total. The first-order valence-electron chi connectivity index (χ1n) is 13.1. The van der Waals surface area contributed by atoms with Gasteiger partial charge in [-0.2, -0.15) is 0 Å². The zero-order valence-electron chi connectivity index (χ0n) is 22.4. The van der Waals surface area contributed by atoms with Crippen LogP contribution in [0.25, 0.3) is 11.4 Å². The van der Waals surface area contributed by atoms with Crippen LogP contribution in [0.4, 0.5) is 4.39 Å². The van der Waals surface area contributed by atoms with Gasteiger partial charge >= 0.3 is 0 Å². The summed E-state index contributed by atoms with van der Waals surface area (Å²) in [4.78, 5) is 28.8. The summed E-state index contributed by atoms with van der Waals surface area (Å²) in [6.45, 7) is 3.31. The Labute approximate surface area is 231 Å². The molecule has 0 unspecified atom stereocenters. The van der Waals surface area contributed by atoms with Crippen molar-refractivity contribution in [1.82, 2.24) is 14.9 Å².